The summed E-state index contributed by atoms with van der Waals surface area (Å²) in [4.78, 5) is 14.0. The van der Waals surface area contributed by atoms with Gasteiger partial charge in [0.25, 0.3) is 0 Å². The monoisotopic (exact) mass is 375 g/mol. The van der Waals surface area contributed by atoms with Crippen LogP contribution < -0.4 is 5.32 Å². The highest BCUT2D eigenvalue weighted by Gasteiger charge is 2.23. The van der Waals surface area contributed by atoms with Crippen molar-refractivity contribution in [1.29, 1.82) is 5.26 Å². The summed E-state index contributed by atoms with van der Waals surface area (Å²) in [5.41, 5.74) is 0.303. The first-order valence-corrected chi connectivity index (χ1v) is 8.33. The van der Waals surface area contributed by atoms with Crippen molar-refractivity contribution in [2.75, 3.05) is 25.0 Å². The molecule has 1 unspecified atom stereocenters. The summed E-state index contributed by atoms with van der Waals surface area (Å²) in [5, 5.41) is 12.4. The number of hydrogen-bond donors (Lipinski definition) is 1. The van der Waals surface area contributed by atoms with E-state index in [0.29, 0.717) is 30.4 Å². The number of amides is 2. The van der Waals surface area contributed by atoms with Gasteiger partial charge in [0, 0.05) is 24.7 Å². The third-order valence-corrected chi connectivity index (χ3v) is 4.28. The molecule has 1 heterocycles. The minimum absolute atomic E-state index is 0.00407. The van der Waals surface area contributed by atoms with E-state index in [1.807, 2.05) is 6.07 Å². The second kappa shape index (κ2) is 8.60. The van der Waals surface area contributed by atoms with Gasteiger partial charge < -0.3 is 15.0 Å². The third-order valence-electron chi connectivity index (χ3n) is 3.47. The summed E-state index contributed by atoms with van der Waals surface area (Å²) in [7, 11) is 0. The Morgan fingerprint density at radius 3 is 2.65 bits per heavy atom. The highest BCUT2D eigenvalue weighted by molar-refractivity contribution is 6.42. The molecule has 8 heteroatoms. The van der Waals surface area contributed by atoms with Gasteiger partial charge in [0.2, 0.25) is 0 Å². The predicted molar refractivity (Wildman–Crippen MR) is 91.3 cm³/mol. The fourth-order valence-corrected chi connectivity index (χ4v) is 3.25. The lowest BCUT2D eigenvalue weighted by Gasteiger charge is -2.25. The van der Waals surface area contributed by atoms with Crippen LogP contribution >= 0.6 is 34.8 Å². The molecule has 0 aliphatic carbocycles. The van der Waals surface area contributed by atoms with Gasteiger partial charge in [-0.05, 0) is 25.0 Å². The second-order valence-corrected chi connectivity index (χ2v) is 6.41. The number of urea groups is 1. The van der Waals surface area contributed by atoms with E-state index in [1.165, 1.54) is 12.1 Å². The fraction of sp³-hybridized carbons (Fsp3) is 0.467. The molecule has 1 aromatic carbocycles. The third kappa shape index (κ3) is 5.15. The van der Waals surface area contributed by atoms with Crippen molar-refractivity contribution in [3.8, 4) is 6.07 Å². The number of anilines is 1. The Morgan fingerprint density at radius 1 is 1.39 bits per heavy atom. The Bertz CT molecular complexity index is 589. The Hall–Kier alpha value is -1.19. The molecule has 0 spiro atoms. The summed E-state index contributed by atoms with van der Waals surface area (Å²) >= 11 is 18.0. The van der Waals surface area contributed by atoms with E-state index in [-0.39, 0.29) is 28.6 Å². The quantitative estimate of drug-likeness (QED) is 0.818. The molecule has 1 atom stereocenters. The highest BCUT2D eigenvalue weighted by atomic mass is 35.5. The average molecular weight is 377 g/mol. The van der Waals surface area contributed by atoms with Crippen LogP contribution in [0.5, 0.6) is 0 Å². The fourth-order valence-electron chi connectivity index (χ4n) is 2.34. The van der Waals surface area contributed by atoms with Crippen LogP contribution in [0.1, 0.15) is 19.3 Å². The molecule has 1 aromatic rings. The number of carbonyl (C=O) groups excluding carboxylic acids is 1. The standard InChI is InChI=1S/C15H16Cl3N3O2/c16-10-7-12(17)14(13(18)8-10)20-15(22)21(5-2-4-19)9-11-3-1-6-23-11/h7-8,11H,1-3,5-6,9H2,(H,20,22). The number of nitrogens with zero attached hydrogens (tertiary/aromatic N) is 2. The molecule has 1 N–H and O–H groups in total. The minimum Gasteiger partial charge on any atom is -0.376 e. The largest absolute Gasteiger partial charge is 0.376 e. The maximum Gasteiger partial charge on any atom is 0.322 e. The van der Waals surface area contributed by atoms with Crippen molar-refractivity contribution < 1.29 is 9.53 Å². The first-order valence-electron chi connectivity index (χ1n) is 7.20. The smallest absolute Gasteiger partial charge is 0.322 e. The van der Waals surface area contributed by atoms with Gasteiger partial charge in [-0.15, -0.1) is 0 Å². The SMILES string of the molecule is N#CCCN(CC1CCCO1)C(=O)Nc1c(Cl)cc(Cl)cc1Cl. The van der Waals surface area contributed by atoms with Crippen LogP contribution in [0.15, 0.2) is 12.1 Å². The Morgan fingerprint density at radius 2 is 2.09 bits per heavy atom. The van der Waals surface area contributed by atoms with Crippen molar-refractivity contribution in [2.45, 2.75) is 25.4 Å². The molecule has 124 valence electrons. The number of nitriles is 1. The van der Waals surface area contributed by atoms with E-state index in [4.69, 9.17) is 44.8 Å². The van der Waals surface area contributed by atoms with Gasteiger partial charge in [0.05, 0.1) is 34.3 Å². The van der Waals surface area contributed by atoms with Gasteiger partial charge in [-0.25, -0.2) is 4.79 Å². The Labute approximate surface area is 150 Å². The van der Waals surface area contributed by atoms with Crippen LogP contribution in [-0.2, 0) is 4.74 Å². The van der Waals surface area contributed by atoms with Crippen LogP contribution in [-0.4, -0.2) is 36.7 Å². The molecule has 0 bridgehead atoms. The summed E-state index contributed by atoms with van der Waals surface area (Å²) in [6, 6.07) is 4.68. The summed E-state index contributed by atoms with van der Waals surface area (Å²) in [6.07, 6.45) is 2.12. The zero-order valence-electron chi connectivity index (χ0n) is 12.3. The van der Waals surface area contributed by atoms with Crippen LogP contribution in [0.4, 0.5) is 10.5 Å². The molecule has 1 saturated heterocycles. The first kappa shape index (κ1) is 18.2. The minimum atomic E-state index is -0.373. The molecule has 1 fully saturated rings. The lowest BCUT2D eigenvalue weighted by Crippen LogP contribution is -2.40. The van der Waals surface area contributed by atoms with Crippen LogP contribution in [0.25, 0.3) is 0 Å². The van der Waals surface area contributed by atoms with Crippen LogP contribution in [0.2, 0.25) is 15.1 Å². The van der Waals surface area contributed by atoms with Crippen LogP contribution in [0, 0.1) is 11.3 Å². The topological polar surface area (TPSA) is 65.4 Å². The van der Waals surface area contributed by atoms with E-state index < -0.39 is 0 Å². The van der Waals surface area contributed by atoms with Gasteiger partial charge in [-0.1, -0.05) is 34.8 Å². The lowest BCUT2D eigenvalue weighted by atomic mass is 10.2. The number of hydrogen-bond acceptors (Lipinski definition) is 3. The number of carbonyl (C=O) groups is 1. The normalized spacial score (nSPS) is 16.9. The Balaban J connectivity index is 2.09. The molecule has 2 rings (SSSR count). The van der Waals surface area contributed by atoms with Crippen LogP contribution in [0.3, 0.4) is 0 Å². The molecule has 0 aromatic heterocycles. The summed E-state index contributed by atoms with van der Waals surface area (Å²) in [6.45, 7) is 1.44. The first-order chi connectivity index (χ1) is 11.0. The average Bonchev–Trinajstić information content (AvgIpc) is 3.00. The number of nitrogens with one attached hydrogen (secondary N) is 1. The number of rotatable bonds is 5. The van der Waals surface area contributed by atoms with Gasteiger partial charge in [0.1, 0.15) is 0 Å². The lowest BCUT2D eigenvalue weighted by molar-refractivity contribution is 0.0841. The number of ether oxygens (including phenoxy) is 1. The van der Waals surface area contributed by atoms with Crippen molar-refractivity contribution in [3.63, 3.8) is 0 Å². The molecule has 1 aliphatic heterocycles. The maximum absolute atomic E-state index is 12.5. The molecular formula is C15H16Cl3N3O2. The van der Waals surface area contributed by atoms with Gasteiger partial charge in [0.15, 0.2) is 0 Å². The number of halogens is 3. The maximum atomic E-state index is 12.5. The summed E-state index contributed by atoms with van der Waals surface area (Å²) < 4.78 is 5.55. The van der Waals surface area contributed by atoms with Gasteiger partial charge in [-0.3, -0.25) is 0 Å². The molecule has 5 nitrogen and oxygen atoms in total. The number of benzene rings is 1. The van der Waals surface area contributed by atoms with E-state index in [0.717, 1.165) is 12.8 Å². The molecule has 23 heavy (non-hydrogen) atoms. The second-order valence-electron chi connectivity index (χ2n) is 5.16. The zero-order valence-corrected chi connectivity index (χ0v) is 14.6. The van der Waals surface area contributed by atoms with E-state index >= 15 is 0 Å². The Kier molecular flexibility index (Phi) is 6.79. The van der Waals surface area contributed by atoms with Crippen molar-refractivity contribution in [3.05, 3.63) is 27.2 Å². The summed E-state index contributed by atoms with van der Waals surface area (Å²) in [5.74, 6) is 0. The van der Waals surface area contributed by atoms with Crippen molar-refractivity contribution in [1.82, 2.24) is 4.90 Å². The van der Waals surface area contributed by atoms with E-state index in [1.54, 1.807) is 4.90 Å². The van der Waals surface area contributed by atoms with Gasteiger partial charge >= 0.3 is 6.03 Å². The highest BCUT2D eigenvalue weighted by Crippen LogP contribution is 2.33. The molecule has 2 amide bonds. The van der Waals surface area contributed by atoms with E-state index in [9.17, 15) is 4.79 Å². The van der Waals surface area contributed by atoms with Crippen molar-refractivity contribution in [2.24, 2.45) is 0 Å². The van der Waals surface area contributed by atoms with Crippen molar-refractivity contribution >= 4 is 46.5 Å². The molecular weight excluding hydrogens is 361 g/mol. The molecule has 1 aliphatic rings. The predicted octanol–water partition coefficient (Wildman–Crippen LogP) is 4.57. The van der Waals surface area contributed by atoms with Gasteiger partial charge in [-0.2, -0.15) is 5.26 Å². The van der Waals surface area contributed by atoms with E-state index in [2.05, 4.69) is 5.32 Å². The molecule has 0 saturated carbocycles. The molecule has 0 radical (unpaired) electrons. The zero-order chi connectivity index (χ0) is 16.8.